The summed E-state index contributed by atoms with van der Waals surface area (Å²) in [6.45, 7) is 4.53. The fourth-order valence-corrected chi connectivity index (χ4v) is 3.58. The molecule has 1 aliphatic heterocycles. The Morgan fingerprint density at radius 3 is 2.44 bits per heavy atom. The van der Waals surface area contributed by atoms with Crippen LogP contribution in [0.3, 0.4) is 0 Å². The van der Waals surface area contributed by atoms with E-state index in [9.17, 15) is 37.1 Å². The highest BCUT2D eigenvalue weighted by Gasteiger charge is 2.43. The Kier molecular flexibility index (Phi) is 10.0. The Morgan fingerprint density at radius 1 is 1.18 bits per heavy atom. The van der Waals surface area contributed by atoms with Gasteiger partial charge in [-0.3, -0.25) is 24.2 Å². The number of benzene rings is 1. The van der Waals surface area contributed by atoms with Crippen molar-refractivity contribution in [1.29, 1.82) is 0 Å². The van der Waals surface area contributed by atoms with Crippen LogP contribution in [-0.4, -0.2) is 78.4 Å². The first kappa shape index (κ1) is 30.6. The third-order valence-electron chi connectivity index (χ3n) is 5.28. The molecule has 1 atom stereocenters. The van der Waals surface area contributed by atoms with Crippen LogP contribution in [0.5, 0.6) is 0 Å². The van der Waals surface area contributed by atoms with E-state index in [4.69, 9.17) is 11.5 Å². The molecule has 39 heavy (non-hydrogen) atoms. The summed E-state index contributed by atoms with van der Waals surface area (Å²) in [5.41, 5.74) is 10.9. The van der Waals surface area contributed by atoms with Crippen LogP contribution in [0.4, 0.5) is 18.9 Å². The number of nitrogens with two attached hydrogens (primary N) is 2. The van der Waals surface area contributed by atoms with Gasteiger partial charge in [-0.05, 0) is 39.0 Å². The second kappa shape index (κ2) is 12.8. The maximum Gasteiger partial charge on any atom is 0.491 e. The van der Waals surface area contributed by atoms with E-state index in [0.29, 0.717) is 0 Å². The van der Waals surface area contributed by atoms with Gasteiger partial charge >= 0.3 is 18.1 Å². The Morgan fingerprint density at radius 2 is 1.85 bits per heavy atom. The minimum Gasteiger partial charge on any atom is -0.386 e. The predicted molar refractivity (Wildman–Crippen MR) is 132 cm³/mol. The molecule has 2 rings (SSSR count). The SMILES string of the molecule is CC(CC(=O)OC(=O)C(F)(F)F)N1CC(=O)N(C(C)C)c2ccc(C#CC(=O)NCCN=C(N)N)cc2C1=O. The summed E-state index contributed by atoms with van der Waals surface area (Å²) in [7, 11) is 0. The van der Waals surface area contributed by atoms with Crippen LogP contribution in [0.25, 0.3) is 0 Å². The van der Waals surface area contributed by atoms with Crippen LogP contribution in [0.1, 0.15) is 43.1 Å². The zero-order valence-corrected chi connectivity index (χ0v) is 21.3. The molecular weight excluding hydrogens is 525 g/mol. The van der Waals surface area contributed by atoms with Gasteiger partial charge in [0.25, 0.3) is 11.8 Å². The molecule has 15 heteroatoms. The average Bonchev–Trinajstić information content (AvgIpc) is 2.93. The summed E-state index contributed by atoms with van der Waals surface area (Å²) in [6, 6.07) is 2.85. The normalized spacial score (nSPS) is 14.0. The average molecular weight is 553 g/mol. The zero-order chi connectivity index (χ0) is 29.5. The Labute approximate surface area is 221 Å². The van der Waals surface area contributed by atoms with Crippen molar-refractivity contribution in [2.24, 2.45) is 16.5 Å². The summed E-state index contributed by atoms with van der Waals surface area (Å²) >= 11 is 0. The number of hydrogen-bond donors (Lipinski definition) is 3. The van der Waals surface area contributed by atoms with Crippen molar-refractivity contribution in [2.45, 2.75) is 45.5 Å². The summed E-state index contributed by atoms with van der Waals surface area (Å²) in [5, 5.41) is 2.48. The first-order valence-electron chi connectivity index (χ1n) is 11.6. The molecule has 5 N–H and O–H groups in total. The number of aliphatic imine (C=N–C) groups is 1. The maximum absolute atomic E-state index is 13.5. The number of halogens is 3. The lowest BCUT2D eigenvalue weighted by atomic mass is 10.0. The van der Waals surface area contributed by atoms with Gasteiger partial charge in [-0.1, -0.05) is 5.92 Å². The van der Waals surface area contributed by atoms with Crippen molar-refractivity contribution in [1.82, 2.24) is 10.2 Å². The molecule has 0 spiro atoms. The van der Waals surface area contributed by atoms with Crippen LogP contribution >= 0.6 is 0 Å². The van der Waals surface area contributed by atoms with E-state index in [1.54, 1.807) is 13.8 Å². The third kappa shape index (κ3) is 8.45. The quantitative estimate of drug-likeness (QED) is 0.106. The molecule has 12 nitrogen and oxygen atoms in total. The second-order valence-corrected chi connectivity index (χ2v) is 8.65. The first-order chi connectivity index (χ1) is 18.1. The molecule has 1 aromatic rings. The number of rotatable bonds is 7. The highest BCUT2D eigenvalue weighted by molar-refractivity contribution is 6.10. The van der Waals surface area contributed by atoms with Crippen LogP contribution in [-0.2, 0) is 23.9 Å². The minimum absolute atomic E-state index is 0.0149. The molecule has 0 saturated carbocycles. The number of anilines is 1. The molecule has 0 fully saturated rings. The largest absolute Gasteiger partial charge is 0.491 e. The van der Waals surface area contributed by atoms with Crippen molar-refractivity contribution in [3.05, 3.63) is 29.3 Å². The lowest BCUT2D eigenvalue weighted by Gasteiger charge is -2.28. The number of carbonyl (C=O) groups is 5. The zero-order valence-electron chi connectivity index (χ0n) is 21.3. The van der Waals surface area contributed by atoms with E-state index in [-0.39, 0.29) is 41.9 Å². The molecule has 210 valence electrons. The predicted octanol–water partition coefficient (Wildman–Crippen LogP) is 0.0356. The smallest absolute Gasteiger partial charge is 0.386 e. The number of esters is 2. The maximum atomic E-state index is 13.5. The van der Waals surface area contributed by atoms with E-state index in [2.05, 4.69) is 26.9 Å². The van der Waals surface area contributed by atoms with E-state index in [0.717, 1.165) is 4.90 Å². The summed E-state index contributed by atoms with van der Waals surface area (Å²) in [5.74, 6) is -1.22. The van der Waals surface area contributed by atoms with Crippen molar-refractivity contribution in [3.8, 4) is 11.8 Å². The number of amides is 3. The van der Waals surface area contributed by atoms with E-state index in [1.165, 1.54) is 30.0 Å². The number of carbonyl (C=O) groups excluding carboxylic acids is 5. The van der Waals surface area contributed by atoms with Gasteiger partial charge in [0.15, 0.2) is 5.96 Å². The molecule has 1 aromatic carbocycles. The Balaban J connectivity index is 2.32. The van der Waals surface area contributed by atoms with Crippen LogP contribution in [0, 0.1) is 11.8 Å². The van der Waals surface area contributed by atoms with Crippen molar-refractivity contribution in [3.63, 3.8) is 0 Å². The van der Waals surface area contributed by atoms with E-state index >= 15 is 0 Å². The van der Waals surface area contributed by atoms with Gasteiger partial charge in [-0.2, -0.15) is 13.2 Å². The topological polar surface area (TPSA) is 177 Å². The van der Waals surface area contributed by atoms with Gasteiger partial charge in [0.05, 0.1) is 24.2 Å². The summed E-state index contributed by atoms with van der Waals surface area (Å²) in [6.07, 6.45) is -6.15. The number of hydrogen-bond acceptors (Lipinski definition) is 7. The van der Waals surface area contributed by atoms with Crippen LogP contribution < -0.4 is 21.7 Å². The van der Waals surface area contributed by atoms with E-state index in [1.807, 2.05) is 0 Å². The molecule has 3 amide bonds. The Hall–Kier alpha value is -4.61. The number of fused-ring (bicyclic) bond motifs is 1. The molecule has 0 aliphatic carbocycles. The van der Waals surface area contributed by atoms with Crippen molar-refractivity contribution >= 4 is 41.3 Å². The number of alkyl halides is 3. The van der Waals surface area contributed by atoms with Gasteiger partial charge in [0.2, 0.25) is 5.91 Å². The molecule has 1 heterocycles. The fourth-order valence-electron chi connectivity index (χ4n) is 3.58. The molecule has 0 saturated heterocycles. The molecule has 0 bridgehead atoms. The number of nitrogens with one attached hydrogen (secondary N) is 1. The van der Waals surface area contributed by atoms with E-state index < -0.39 is 54.8 Å². The van der Waals surface area contributed by atoms with Crippen LogP contribution in [0.15, 0.2) is 23.2 Å². The highest BCUT2D eigenvalue weighted by Crippen LogP contribution is 2.30. The standard InChI is InChI=1S/C24H27F3N6O6/c1-13(2)33-17-6-4-15(5-7-18(34)30-8-9-31-23(28)29)11-16(17)21(37)32(12-19(33)35)14(3)10-20(36)39-22(38)24(25,26)27/h4,6,11,13-14H,8-10,12H2,1-3H3,(H,30,34)(H4,28,29,31). The van der Waals surface area contributed by atoms with Gasteiger partial charge in [0, 0.05) is 30.1 Å². The van der Waals surface area contributed by atoms with Crippen molar-refractivity contribution < 1.29 is 41.9 Å². The molecule has 1 unspecified atom stereocenters. The van der Waals surface area contributed by atoms with Gasteiger partial charge in [-0.25, -0.2) is 4.79 Å². The van der Waals surface area contributed by atoms with Crippen LogP contribution in [0.2, 0.25) is 0 Å². The molecule has 0 radical (unpaired) electrons. The summed E-state index contributed by atoms with van der Waals surface area (Å²) in [4.78, 5) is 67.4. The third-order valence-corrected chi connectivity index (χ3v) is 5.28. The van der Waals surface area contributed by atoms with Crippen molar-refractivity contribution in [2.75, 3.05) is 24.5 Å². The second-order valence-electron chi connectivity index (χ2n) is 8.65. The van der Waals surface area contributed by atoms with Gasteiger partial charge in [0.1, 0.15) is 6.54 Å². The monoisotopic (exact) mass is 552 g/mol. The van der Waals surface area contributed by atoms with Gasteiger partial charge < -0.3 is 31.3 Å². The first-order valence-corrected chi connectivity index (χ1v) is 11.6. The highest BCUT2D eigenvalue weighted by atomic mass is 19.4. The number of ether oxygens (including phenoxy) is 1. The Bertz CT molecular complexity index is 1250. The van der Waals surface area contributed by atoms with Gasteiger partial charge in [-0.15, -0.1) is 0 Å². The lowest BCUT2D eigenvalue weighted by Crippen LogP contribution is -2.46. The molecule has 0 aromatic heterocycles. The lowest BCUT2D eigenvalue weighted by molar-refractivity contribution is -0.202. The fraction of sp³-hybridized carbons (Fsp3) is 0.417. The molecular formula is C24H27F3N6O6. The minimum atomic E-state index is -5.37. The number of guanidine groups is 1. The number of nitrogens with zero attached hydrogens (tertiary/aromatic N) is 3. The summed E-state index contributed by atoms with van der Waals surface area (Å²) < 4.78 is 41.1. The molecule has 1 aliphatic rings.